The highest BCUT2D eigenvalue weighted by molar-refractivity contribution is 7.92. The Hall–Kier alpha value is -3.13. The molecule has 6 rings (SSSR count). The van der Waals surface area contributed by atoms with Crippen LogP contribution in [-0.2, 0) is 24.2 Å². The number of carbonyl (C=O) groups excluding carboxylic acids is 1. The fourth-order valence-electron chi connectivity index (χ4n) is 4.51. The Labute approximate surface area is 223 Å². The van der Waals surface area contributed by atoms with Crippen LogP contribution in [0.3, 0.4) is 0 Å². The summed E-state index contributed by atoms with van der Waals surface area (Å²) in [6.07, 6.45) is 2.71. The van der Waals surface area contributed by atoms with E-state index in [1.807, 2.05) is 12.1 Å². The molecule has 11 nitrogen and oxygen atoms in total. The molecular formula is C25H28N6O5S2. The van der Waals surface area contributed by atoms with Crippen LogP contribution in [0.15, 0.2) is 46.4 Å². The molecule has 3 aliphatic rings. The van der Waals surface area contributed by atoms with E-state index in [4.69, 9.17) is 20.3 Å². The second-order valence-electron chi connectivity index (χ2n) is 9.76. The summed E-state index contributed by atoms with van der Waals surface area (Å²) in [6.45, 7) is 2.58. The molecule has 1 unspecified atom stereocenters. The number of oxime groups is 1. The van der Waals surface area contributed by atoms with Gasteiger partial charge in [0.2, 0.25) is 0 Å². The molecule has 2 aliphatic heterocycles. The predicted molar refractivity (Wildman–Crippen MR) is 144 cm³/mol. The van der Waals surface area contributed by atoms with E-state index in [2.05, 4.69) is 20.4 Å². The number of sulfone groups is 1. The highest BCUT2D eigenvalue weighted by atomic mass is 32.2. The fourth-order valence-corrected chi connectivity index (χ4v) is 7.00. The minimum Gasteiger partial charge on any atom is -0.389 e. The molecule has 13 heteroatoms. The van der Waals surface area contributed by atoms with E-state index in [0.717, 1.165) is 25.3 Å². The predicted octanol–water partition coefficient (Wildman–Crippen LogP) is 2.31. The van der Waals surface area contributed by atoms with Crippen molar-refractivity contribution in [1.82, 2.24) is 9.97 Å². The summed E-state index contributed by atoms with van der Waals surface area (Å²) in [5, 5.41) is 7.02. The third kappa shape index (κ3) is 5.23. The molecule has 1 aliphatic carbocycles. The average molecular weight is 557 g/mol. The molecule has 3 aromatic rings. The van der Waals surface area contributed by atoms with Gasteiger partial charge in [-0.1, -0.05) is 28.6 Å². The third-order valence-corrected chi connectivity index (χ3v) is 9.98. The normalized spacial score (nSPS) is 22.2. The zero-order chi connectivity index (χ0) is 26.3. The van der Waals surface area contributed by atoms with Crippen molar-refractivity contribution < 1.29 is 22.8 Å². The summed E-state index contributed by atoms with van der Waals surface area (Å²) in [6, 6.07) is 10.1. The number of pyridine rings is 1. The second kappa shape index (κ2) is 10.2. The zero-order valence-electron chi connectivity index (χ0n) is 20.6. The summed E-state index contributed by atoms with van der Waals surface area (Å²) in [5.74, 6) is 0.314. The quantitative estimate of drug-likeness (QED) is 0.315. The van der Waals surface area contributed by atoms with Crippen LogP contribution in [0.5, 0.6) is 0 Å². The van der Waals surface area contributed by atoms with Crippen molar-refractivity contribution in [3.63, 3.8) is 0 Å². The number of nitrogens with zero attached hydrogens (tertiary/aromatic N) is 4. The molecule has 0 radical (unpaired) electrons. The first-order chi connectivity index (χ1) is 18.4. The van der Waals surface area contributed by atoms with E-state index in [1.54, 1.807) is 12.1 Å². The van der Waals surface area contributed by atoms with Gasteiger partial charge in [-0.15, -0.1) is 0 Å². The fraction of sp³-hybridized carbons (Fsp3) is 0.440. The van der Waals surface area contributed by atoms with Crippen LogP contribution in [0, 0.1) is 0 Å². The number of nitrogens with one attached hydrogen (secondary N) is 1. The van der Waals surface area contributed by atoms with Gasteiger partial charge in [0.15, 0.2) is 26.8 Å². The molecular weight excluding hydrogens is 528 g/mol. The van der Waals surface area contributed by atoms with Crippen LogP contribution in [0.2, 0.25) is 0 Å². The lowest BCUT2D eigenvalue weighted by Gasteiger charge is -2.16. The Morgan fingerprint density at radius 2 is 1.95 bits per heavy atom. The molecule has 4 heterocycles. The lowest BCUT2D eigenvalue weighted by molar-refractivity contribution is -0.110. The van der Waals surface area contributed by atoms with Crippen molar-refractivity contribution in [2.75, 3.05) is 36.5 Å². The maximum atomic E-state index is 13.4. The van der Waals surface area contributed by atoms with Crippen molar-refractivity contribution in [2.24, 2.45) is 10.9 Å². The van der Waals surface area contributed by atoms with Crippen molar-refractivity contribution in [2.45, 2.75) is 48.0 Å². The van der Waals surface area contributed by atoms with Gasteiger partial charge >= 0.3 is 0 Å². The minimum atomic E-state index is -3.34. The summed E-state index contributed by atoms with van der Waals surface area (Å²) in [7, 11) is -3.34. The minimum absolute atomic E-state index is 0.0197. The number of hydrogen-bond donors (Lipinski definition) is 2. The first-order valence-corrected chi connectivity index (χ1v) is 15.0. The number of rotatable bonds is 8. The Kier molecular flexibility index (Phi) is 6.76. The third-order valence-electron chi connectivity index (χ3n) is 6.83. The van der Waals surface area contributed by atoms with Gasteiger partial charge in [0.05, 0.1) is 23.4 Å². The zero-order valence-corrected chi connectivity index (χ0v) is 22.2. The van der Waals surface area contributed by atoms with Crippen LogP contribution in [0.1, 0.15) is 31.2 Å². The Morgan fingerprint density at radius 1 is 1.13 bits per heavy atom. The lowest BCUT2D eigenvalue weighted by atomic mass is 10.1. The van der Waals surface area contributed by atoms with Gasteiger partial charge < -0.3 is 20.2 Å². The van der Waals surface area contributed by atoms with Crippen molar-refractivity contribution in [1.29, 1.82) is 0 Å². The number of thiazole rings is 1. The summed E-state index contributed by atoms with van der Waals surface area (Å²) >= 11 is 1.26. The number of nitrogens with two attached hydrogens (primary N) is 1. The molecule has 1 aromatic carbocycles. The van der Waals surface area contributed by atoms with Crippen molar-refractivity contribution in [3.8, 4) is 0 Å². The molecule has 0 spiro atoms. The number of aromatic nitrogens is 2. The maximum Gasteiger partial charge on any atom is 0.280 e. The molecule has 1 saturated carbocycles. The smallest absolute Gasteiger partial charge is 0.280 e. The molecule has 2 saturated heterocycles. The van der Waals surface area contributed by atoms with Gasteiger partial charge in [-0.05, 0) is 43.5 Å². The van der Waals surface area contributed by atoms with E-state index in [9.17, 15) is 13.2 Å². The number of fused-ring (bicyclic) bond motifs is 1. The molecule has 3 N–H and O–H groups in total. The van der Waals surface area contributed by atoms with E-state index in [-0.39, 0.29) is 28.0 Å². The van der Waals surface area contributed by atoms with Gasteiger partial charge in [-0.2, -0.15) is 0 Å². The van der Waals surface area contributed by atoms with Crippen LogP contribution in [-0.4, -0.2) is 73.7 Å². The Morgan fingerprint density at radius 3 is 2.63 bits per heavy atom. The van der Waals surface area contributed by atoms with Gasteiger partial charge in [0, 0.05) is 31.1 Å². The number of ether oxygens (including phenoxy) is 1. The number of benzene rings is 1. The Bertz CT molecular complexity index is 1480. The van der Waals surface area contributed by atoms with Crippen molar-refractivity contribution >= 4 is 54.1 Å². The monoisotopic (exact) mass is 556 g/mol. The first kappa shape index (κ1) is 25.2. The first-order valence-electron chi connectivity index (χ1n) is 12.6. The van der Waals surface area contributed by atoms with Gasteiger partial charge in [-0.3, -0.25) is 10.1 Å². The number of amides is 1. The maximum absolute atomic E-state index is 13.4. The van der Waals surface area contributed by atoms with Crippen LogP contribution < -0.4 is 16.0 Å². The van der Waals surface area contributed by atoms with Crippen LogP contribution >= 0.6 is 11.3 Å². The highest BCUT2D eigenvalue weighted by Crippen LogP contribution is 2.33. The van der Waals surface area contributed by atoms with E-state index < -0.39 is 15.7 Å². The molecule has 2 aromatic heterocycles. The number of hydrogen-bond acceptors (Lipinski definition) is 11. The summed E-state index contributed by atoms with van der Waals surface area (Å²) < 4.78 is 30.5. The molecule has 0 bridgehead atoms. The lowest BCUT2D eigenvalue weighted by Crippen LogP contribution is -2.26. The van der Waals surface area contributed by atoms with E-state index >= 15 is 0 Å². The van der Waals surface area contributed by atoms with E-state index in [0.29, 0.717) is 53.5 Å². The van der Waals surface area contributed by atoms with Crippen LogP contribution in [0.25, 0.3) is 10.3 Å². The highest BCUT2D eigenvalue weighted by Gasteiger charge is 2.37. The second-order valence-corrected chi connectivity index (χ2v) is 13.0. The standard InChI is InChI=1S/C25H28N6O5S2/c26-16-9-11-31(13-16)21-8-7-20-24(28-21)37-25(27-20)29-23(32)22(30-36-17-10-12-35-14-17)15-1-3-18(4-2-15)38(33,34)19-5-6-19/h1-4,7-8,16-17,19H,5-6,9-14,26H2,(H,27,29,32)/b30-22+/t16?,17-/m1/s1. The number of carbonyl (C=O) groups is 1. The number of anilines is 2. The van der Waals surface area contributed by atoms with Crippen molar-refractivity contribution in [3.05, 3.63) is 42.0 Å². The van der Waals surface area contributed by atoms with E-state index in [1.165, 1.54) is 23.5 Å². The van der Waals surface area contributed by atoms with Gasteiger partial charge in [-0.25, -0.2) is 18.4 Å². The largest absolute Gasteiger partial charge is 0.389 e. The molecule has 200 valence electrons. The Balaban J connectivity index is 1.24. The topological polar surface area (TPSA) is 149 Å². The molecule has 2 atom stereocenters. The summed E-state index contributed by atoms with van der Waals surface area (Å²) in [5.41, 5.74) is 7.16. The SMILES string of the molecule is NC1CCN(c2ccc3nc(NC(=O)/C(=N/O[C@@H]4CCOC4)c4ccc(S(=O)(=O)C5CC5)cc4)sc3n2)C1. The summed E-state index contributed by atoms with van der Waals surface area (Å²) in [4.78, 5) is 31.3. The molecule has 38 heavy (non-hydrogen) atoms. The average Bonchev–Trinajstić information content (AvgIpc) is 3.28. The van der Waals surface area contributed by atoms with Gasteiger partial charge in [0.25, 0.3) is 5.91 Å². The van der Waals surface area contributed by atoms with Gasteiger partial charge in [0.1, 0.15) is 16.2 Å². The van der Waals surface area contributed by atoms with Crippen LogP contribution in [0.4, 0.5) is 10.9 Å². The molecule has 3 fully saturated rings. The molecule has 1 amide bonds.